The molecule has 0 radical (unpaired) electrons. The van der Waals surface area contributed by atoms with Crippen LogP contribution in [0.2, 0.25) is 5.02 Å². The fourth-order valence-corrected chi connectivity index (χ4v) is 4.60. The van der Waals surface area contributed by atoms with Gasteiger partial charge in [0.1, 0.15) is 5.82 Å². The van der Waals surface area contributed by atoms with Gasteiger partial charge in [0.05, 0.1) is 19.1 Å². The highest BCUT2D eigenvalue weighted by molar-refractivity contribution is 6.30. The third-order valence-electron chi connectivity index (χ3n) is 6.33. The number of aromatic hydroxyl groups is 1. The van der Waals surface area contributed by atoms with Crippen LogP contribution in [0.25, 0.3) is 0 Å². The molecule has 0 bridgehead atoms. The Bertz CT molecular complexity index is 1340. The van der Waals surface area contributed by atoms with Gasteiger partial charge in [-0.2, -0.15) is 4.98 Å². The number of pyridine rings is 1. The molecule has 8 nitrogen and oxygen atoms in total. The Hall–Kier alpha value is -3.98. The summed E-state index contributed by atoms with van der Waals surface area (Å²) in [6.07, 6.45) is 1.37. The highest BCUT2D eigenvalue weighted by Gasteiger charge is 2.55. The van der Waals surface area contributed by atoms with Crippen molar-refractivity contribution in [1.29, 1.82) is 0 Å². The van der Waals surface area contributed by atoms with Crippen LogP contribution in [0.1, 0.15) is 64.0 Å². The van der Waals surface area contributed by atoms with E-state index < -0.39 is 11.9 Å². The Balaban J connectivity index is 1.37. The van der Waals surface area contributed by atoms with Crippen LogP contribution in [0.4, 0.5) is 4.39 Å². The molecule has 1 amide bonds. The molecule has 4 aromatic rings. The fraction of sp³-hybridized carbons (Fsp3) is 0.231. The second kappa shape index (κ2) is 9.58. The van der Waals surface area contributed by atoms with Gasteiger partial charge in [-0.3, -0.25) is 4.79 Å². The van der Waals surface area contributed by atoms with E-state index in [4.69, 9.17) is 20.9 Å². The van der Waals surface area contributed by atoms with Gasteiger partial charge in [0, 0.05) is 29.1 Å². The van der Waals surface area contributed by atoms with E-state index in [-0.39, 0.29) is 46.6 Å². The summed E-state index contributed by atoms with van der Waals surface area (Å²) in [5, 5.41) is 17.6. The maximum Gasteiger partial charge on any atom is 0.274 e. The number of aromatic nitrogens is 3. The lowest BCUT2D eigenvalue weighted by Crippen LogP contribution is -2.28. The number of amides is 1. The molecule has 184 valence electrons. The molecule has 0 saturated heterocycles. The van der Waals surface area contributed by atoms with Crippen LogP contribution >= 0.6 is 11.6 Å². The van der Waals surface area contributed by atoms with E-state index in [1.807, 2.05) is 24.3 Å². The number of hydrogen-bond acceptors (Lipinski definition) is 7. The Kier molecular flexibility index (Phi) is 6.32. The fourth-order valence-electron chi connectivity index (χ4n) is 4.47. The van der Waals surface area contributed by atoms with Crippen molar-refractivity contribution in [3.8, 4) is 11.5 Å². The van der Waals surface area contributed by atoms with Crippen LogP contribution < -0.4 is 10.1 Å². The number of nitrogens with one attached hydrogen (secondary N) is 1. The summed E-state index contributed by atoms with van der Waals surface area (Å²) in [5.41, 5.74) is 1.84. The SMILES string of the molecule is COc1ccnc(C(=O)N[C@@H](C)c2noc(C3C(c4ccc(F)cc4)C3c3ccc(Cl)cc3)n2)c1O. The number of benzene rings is 2. The van der Waals surface area contributed by atoms with E-state index in [2.05, 4.69) is 20.4 Å². The van der Waals surface area contributed by atoms with Gasteiger partial charge in [-0.25, -0.2) is 9.37 Å². The van der Waals surface area contributed by atoms with Crippen molar-refractivity contribution in [1.82, 2.24) is 20.4 Å². The number of rotatable bonds is 7. The number of ether oxygens (including phenoxy) is 1. The van der Waals surface area contributed by atoms with Gasteiger partial charge in [-0.15, -0.1) is 0 Å². The minimum absolute atomic E-state index is 0.0166. The van der Waals surface area contributed by atoms with Gasteiger partial charge in [-0.1, -0.05) is 41.0 Å². The molecule has 10 heteroatoms. The topological polar surface area (TPSA) is 110 Å². The van der Waals surface area contributed by atoms with E-state index in [0.717, 1.165) is 11.1 Å². The maximum atomic E-state index is 13.5. The molecule has 1 saturated carbocycles. The summed E-state index contributed by atoms with van der Waals surface area (Å²) < 4.78 is 24.2. The molecule has 0 spiro atoms. The summed E-state index contributed by atoms with van der Waals surface area (Å²) in [6.45, 7) is 1.70. The van der Waals surface area contributed by atoms with Gasteiger partial charge < -0.3 is 19.7 Å². The molecule has 5 rings (SSSR count). The number of carbonyl (C=O) groups excluding carboxylic acids is 1. The van der Waals surface area contributed by atoms with Crippen LogP contribution in [0.3, 0.4) is 0 Å². The molecule has 1 fully saturated rings. The predicted molar refractivity (Wildman–Crippen MR) is 129 cm³/mol. The second-order valence-electron chi connectivity index (χ2n) is 8.58. The summed E-state index contributed by atoms with van der Waals surface area (Å²) in [4.78, 5) is 21.2. The van der Waals surface area contributed by atoms with E-state index in [0.29, 0.717) is 10.9 Å². The number of carbonyl (C=O) groups is 1. The number of halogens is 2. The van der Waals surface area contributed by atoms with Gasteiger partial charge in [0.25, 0.3) is 5.91 Å². The van der Waals surface area contributed by atoms with Crippen LogP contribution in [0.5, 0.6) is 11.5 Å². The van der Waals surface area contributed by atoms with Crippen molar-refractivity contribution in [3.05, 3.63) is 100 Å². The Labute approximate surface area is 211 Å². The molecule has 1 aliphatic rings. The minimum atomic E-state index is -0.626. The van der Waals surface area contributed by atoms with Crippen molar-refractivity contribution in [2.24, 2.45) is 0 Å². The smallest absolute Gasteiger partial charge is 0.274 e. The molecule has 2 aromatic heterocycles. The van der Waals surface area contributed by atoms with E-state index in [1.54, 1.807) is 19.1 Å². The van der Waals surface area contributed by atoms with Crippen molar-refractivity contribution in [2.75, 3.05) is 7.11 Å². The van der Waals surface area contributed by atoms with Gasteiger partial charge in [0.15, 0.2) is 23.0 Å². The highest BCUT2D eigenvalue weighted by Crippen LogP contribution is 2.65. The van der Waals surface area contributed by atoms with Crippen LogP contribution in [0.15, 0.2) is 65.3 Å². The molecular formula is C26H22ClFN4O4. The summed E-state index contributed by atoms with van der Waals surface area (Å²) in [5.74, 6) is -0.497. The van der Waals surface area contributed by atoms with Crippen molar-refractivity contribution in [2.45, 2.75) is 30.7 Å². The molecule has 2 N–H and O–H groups in total. The minimum Gasteiger partial charge on any atom is -0.503 e. The standard InChI is InChI=1S/C26H22ClFN4O4/c1-13(30-25(34)22-23(33)18(35-2)11-12-29-22)24-31-26(36-32-24)21-19(14-3-7-16(27)8-4-14)20(21)15-5-9-17(28)10-6-15/h3-13,19-21,33H,1-2H3,(H,30,34)/t13-,19?,20?,21?/m0/s1. The van der Waals surface area contributed by atoms with Crippen molar-refractivity contribution in [3.63, 3.8) is 0 Å². The Morgan fingerprint density at radius 2 is 1.72 bits per heavy atom. The highest BCUT2D eigenvalue weighted by atomic mass is 35.5. The van der Waals surface area contributed by atoms with Crippen LogP contribution in [-0.2, 0) is 0 Å². The molecule has 2 heterocycles. The first-order chi connectivity index (χ1) is 17.4. The van der Waals surface area contributed by atoms with Gasteiger partial charge >= 0.3 is 0 Å². The third-order valence-corrected chi connectivity index (χ3v) is 6.58. The number of methoxy groups -OCH3 is 1. The molecule has 0 aliphatic heterocycles. The summed E-state index contributed by atoms with van der Waals surface area (Å²) in [6, 6.07) is 14.8. The molecule has 3 unspecified atom stereocenters. The lowest BCUT2D eigenvalue weighted by atomic mass is 10.0. The Morgan fingerprint density at radius 3 is 2.36 bits per heavy atom. The Morgan fingerprint density at radius 1 is 1.08 bits per heavy atom. The lowest BCUT2D eigenvalue weighted by Gasteiger charge is -2.11. The third kappa shape index (κ3) is 4.49. The monoisotopic (exact) mass is 508 g/mol. The average molecular weight is 509 g/mol. The quantitative estimate of drug-likeness (QED) is 0.356. The molecule has 1 aliphatic carbocycles. The number of hydrogen-bond donors (Lipinski definition) is 2. The average Bonchev–Trinajstić information content (AvgIpc) is 3.41. The number of nitrogens with zero attached hydrogens (tertiary/aromatic N) is 3. The zero-order chi connectivity index (χ0) is 25.4. The van der Waals surface area contributed by atoms with Gasteiger partial charge in [-0.05, 0) is 42.3 Å². The van der Waals surface area contributed by atoms with E-state index in [1.165, 1.54) is 31.5 Å². The predicted octanol–water partition coefficient (Wildman–Crippen LogP) is 5.13. The molecule has 36 heavy (non-hydrogen) atoms. The first-order valence-electron chi connectivity index (χ1n) is 11.2. The van der Waals surface area contributed by atoms with E-state index >= 15 is 0 Å². The van der Waals surface area contributed by atoms with Crippen LogP contribution in [-0.4, -0.2) is 33.2 Å². The normalized spacial score (nSPS) is 19.5. The van der Waals surface area contributed by atoms with Gasteiger partial charge in [0.2, 0.25) is 5.89 Å². The zero-order valence-electron chi connectivity index (χ0n) is 19.4. The van der Waals surface area contributed by atoms with Crippen LogP contribution in [0, 0.1) is 5.82 Å². The zero-order valence-corrected chi connectivity index (χ0v) is 20.1. The lowest BCUT2D eigenvalue weighted by molar-refractivity contribution is 0.0929. The summed E-state index contributed by atoms with van der Waals surface area (Å²) in [7, 11) is 1.38. The summed E-state index contributed by atoms with van der Waals surface area (Å²) >= 11 is 6.07. The molecular weight excluding hydrogens is 487 g/mol. The molecule has 2 aromatic carbocycles. The first-order valence-corrected chi connectivity index (χ1v) is 11.6. The van der Waals surface area contributed by atoms with E-state index in [9.17, 15) is 14.3 Å². The largest absolute Gasteiger partial charge is 0.503 e. The second-order valence-corrected chi connectivity index (χ2v) is 9.01. The molecule has 4 atom stereocenters. The van der Waals surface area contributed by atoms with Crippen molar-refractivity contribution < 1.29 is 23.6 Å². The maximum absolute atomic E-state index is 13.5. The van der Waals surface area contributed by atoms with Crippen molar-refractivity contribution >= 4 is 17.5 Å². The first kappa shape index (κ1) is 23.7.